The van der Waals surface area contributed by atoms with Crippen LogP contribution in [0.1, 0.15) is 31.8 Å². The molecule has 0 spiro atoms. The fourth-order valence-corrected chi connectivity index (χ4v) is 6.52. The number of aryl methyl sites for hydroxylation is 2. The van der Waals surface area contributed by atoms with Gasteiger partial charge in [-0.25, -0.2) is 9.59 Å². The van der Waals surface area contributed by atoms with Crippen molar-refractivity contribution in [1.29, 1.82) is 0 Å². The van der Waals surface area contributed by atoms with Crippen LogP contribution in [0.2, 0.25) is 10.0 Å². The maximum atomic E-state index is 13.1. The van der Waals surface area contributed by atoms with Gasteiger partial charge in [-0.1, -0.05) is 77.8 Å². The van der Waals surface area contributed by atoms with Crippen LogP contribution >= 0.6 is 23.2 Å². The Balaban J connectivity index is 1.93. The van der Waals surface area contributed by atoms with Crippen molar-refractivity contribution >= 4 is 56.7 Å². The Morgan fingerprint density at radius 2 is 1.18 bits per heavy atom. The lowest BCUT2D eigenvalue weighted by Gasteiger charge is -2.23. The van der Waals surface area contributed by atoms with E-state index in [0.29, 0.717) is 48.3 Å². The van der Waals surface area contributed by atoms with Crippen LogP contribution in [0.5, 0.6) is 11.5 Å². The first kappa shape index (κ1) is 29.1. The van der Waals surface area contributed by atoms with E-state index in [4.69, 9.17) is 23.2 Å². The van der Waals surface area contributed by atoms with Crippen molar-refractivity contribution in [3.05, 3.63) is 117 Å². The number of phenols is 2. The molecule has 0 bridgehead atoms. The van der Waals surface area contributed by atoms with Crippen LogP contribution in [0.4, 0.5) is 0 Å². The standard InChI is InChI=1S/C36H24Cl2O6/c1-17-14-20(37)10-12-22(17)25-8-5-9-26-28(25)29(23-13-11-21(38)15-18(23)2)32(36(43)44)34(40)31(26)30-24-7-4-3-6-19(24)16-27(33(30)39)35(41)42/h3-16,39-40H,1-2H3,(H,41,42)(H,43,44). The zero-order valence-electron chi connectivity index (χ0n) is 23.4. The van der Waals surface area contributed by atoms with Gasteiger partial charge in [-0.3, -0.25) is 0 Å². The van der Waals surface area contributed by atoms with Gasteiger partial charge in [0, 0.05) is 26.7 Å². The van der Waals surface area contributed by atoms with Gasteiger partial charge in [0.05, 0.1) is 0 Å². The third-order valence-electron chi connectivity index (χ3n) is 7.96. The van der Waals surface area contributed by atoms with Gasteiger partial charge in [-0.05, 0) is 93.5 Å². The van der Waals surface area contributed by atoms with Crippen molar-refractivity contribution in [3.63, 3.8) is 0 Å². The van der Waals surface area contributed by atoms with Crippen LogP contribution in [-0.4, -0.2) is 32.4 Å². The Bertz CT molecular complexity index is 2200. The lowest BCUT2D eigenvalue weighted by Crippen LogP contribution is -2.06. The maximum Gasteiger partial charge on any atom is 0.340 e. The highest BCUT2D eigenvalue weighted by Gasteiger charge is 2.31. The maximum absolute atomic E-state index is 13.1. The molecule has 0 saturated carbocycles. The molecule has 0 aliphatic heterocycles. The first-order valence-corrected chi connectivity index (χ1v) is 14.3. The number of aromatic carboxylic acids is 2. The highest BCUT2D eigenvalue weighted by molar-refractivity contribution is 6.31. The molecule has 4 N–H and O–H groups in total. The number of carboxylic acids is 2. The summed E-state index contributed by atoms with van der Waals surface area (Å²) in [7, 11) is 0. The quantitative estimate of drug-likeness (QED) is 0.152. The molecule has 0 amide bonds. The third-order valence-corrected chi connectivity index (χ3v) is 8.43. The van der Waals surface area contributed by atoms with Crippen molar-refractivity contribution < 1.29 is 30.0 Å². The van der Waals surface area contributed by atoms with Crippen LogP contribution in [-0.2, 0) is 0 Å². The predicted molar refractivity (Wildman–Crippen MR) is 175 cm³/mol. The number of carboxylic acid groups (broad SMARTS) is 2. The van der Waals surface area contributed by atoms with E-state index in [9.17, 15) is 30.0 Å². The number of aromatic hydroxyl groups is 2. The summed E-state index contributed by atoms with van der Waals surface area (Å²) in [5, 5.41) is 47.0. The van der Waals surface area contributed by atoms with Gasteiger partial charge in [0.25, 0.3) is 0 Å². The number of fused-ring (bicyclic) bond motifs is 2. The van der Waals surface area contributed by atoms with Gasteiger partial charge < -0.3 is 20.4 Å². The van der Waals surface area contributed by atoms with E-state index in [1.807, 2.05) is 19.1 Å². The van der Waals surface area contributed by atoms with E-state index in [0.717, 1.165) is 11.1 Å². The molecule has 6 rings (SSSR count). The molecular weight excluding hydrogens is 599 g/mol. The normalized spacial score (nSPS) is 11.3. The number of hydrogen-bond donors (Lipinski definition) is 4. The molecule has 0 aromatic heterocycles. The van der Waals surface area contributed by atoms with E-state index >= 15 is 0 Å². The Morgan fingerprint density at radius 3 is 1.80 bits per heavy atom. The summed E-state index contributed by atoms with van der Waals surface area (Å²) >= 11 is 12.6. The van der Waals surface area contributed by atoms with Crippen LogP contribution in [0.15, 0.2) is 84.9 Å². The molecule has 218 valence electrons. The first-order chi connectivity index (χ1) is 21.0. The molecule has 0 heterocycles. The van der Waals surface area contributed by atoms with Crippen molar-refractivity contribution in [1.82, 2.24) is 0 Å². The van der Waals surface area contributed by atoms with Crippen molar-refractivity contribution in [2.24, 2.45) is 0 Å². The minimum Gasteiger partial charge on any atom is -0.506 e. The van der Waals surface area contributed by atoms with Crippen molar-refractivity contribution in [3.8, 4) is 44.9 Å². The molecule has 0 saturated heterocycles. The zero-order valence-corrected chi connectivity index (χ0v) is 25.0. The molecule has 0 aliphatic rings. The molecule has 0 atom stereocenters. The summed E-state index contributed by atoms with van der Waals surface area (Å²) in [6.45, 7) is 3.69. The zero-order chi connectivity index (χ0) is 31.4. The second kappa shape index (κ2) is 10.9. The number of benzene rings is 6. The second-order valence-corrected chi connectivity index (χ2v) is 11.5. The number of hydrogen-bond acceptors (Lipinski definition) is 4. The summed E-state index contributed by atoms with van der Waals surface area (Å²) in [5.41, 5.74) is 2.95. The SMILES string of the molecule is Cc1cc(Cl)ccc1-c1cccc2c(-c3c(O)c(C(=O)O)cc4ccccc34)c(O)c(C(=O)O)c(-c3ccc(Cl)cc3C)c12. The predicted octanol–water partition coefficient (Wildman–Crippen LogP) is 9.73. The summed E-state index contributed by atoms with van der Waals surface area (Å²) in [5.74, 6) is -3.98. The summed E-state index contributed by atoms with van der Waals surface area (Å²) in [4.78, 5) is 25.4. The van der Waals surface area contributed by atoms with Crippen LogP contribution in [0.3, 0.4) is 0 Å². The van der Waals surface area contributed by atoms with E-state index < -0.39 is 29.0 Å². The van der Waals surface area contributed by atoms with Gasteiger partial charge >= 0.3 is 11.9 Å². The highest BCUT2D eigenvalue weighted by Crippen LogP contribution is 2.53. The lowest BCUT2D eigenvalue weighted by molar-refractivity contribution is 0.0682. The van der Waals surface area contributed by atoms with E-state index in [1.54, 1.807) is 73.7 Å². The lowest BCUT2D eigenvalue weighted by atomic mass is 9.81. The van der Waals surface area contributed by atoms with E-state index in [-0.39, 0.29) is 22.3 Å². The average molecular weight is 623 g/mol. The average Bonchev–Trinajstić information content (AvgIpc) is 2.97. The molecule has 6 aromatic carbocycles. The summed E-state index contributed by atoms with van der Waals surface area (Å²) in [6, 6.07) is 24.0. The molecule has 0 unspecified atom stereocenters. The molecular formula is C36H24Cl2O6. The Labute approximate surface area is 262 Å². The molecule has 6 nitrogen and oxygen atoms in total. The van der Waals surface area contributed by atoms with Gasteiger partial charge in [0.2, 0.25) is 0 Å². The van der Waals surface area contributed by atoms with Gasteiger partial charge in [-0.15, -0.1) is 0 Å². The molecule has 0 fully saturated rings. The molecule has 6 aromatic rings. The minimum atomic E-state index is -1.41. The van der Waals surface area contributed by atoms with Gasteiger partial charge in [0.1, 0.15) is 22.6 Å². The molecule has 8 heteroatoms. The highest BCUT2D eigenvalue weighted by atomic mass is 35.5. The number of rotatable bonds is 5. The number of halogens is 2. The summed E-state index contributed by atoms with van der Waals surface area (Å²) < 4.78 is 0. The van der Waals surface area contributed by atoms with Crippen molar-refractivity contribution in [2.45, 2.75) is 13.8 Å². The fraction of sp³-hybridized carbons (Fsp3) is 0.0556. The minimum absolute atomic E-state index is 0.00182. The first-order valence-electron chi connectivity index (χ1n) is 13.6. The number of carbonyl (C=O) groups is 2. The Morgan fingerprint density at radius 1 is 0.591 bits per heavy atom. The molecule has 44 heavy (non-hydrogen) atoms. The topological polar surface area (TPSA) is 115 Å². The van der Waals surface area contributed by atoms with Gasteiger partial charge in [-0.2, -0.15) is 0 Å². The third kappa shape index (κ3) is 4.60. The smallest absolute Gasteiger partial charge is 0.340 e. The Hall–Kier alpha value is -5.04. The van der Waals surface area contributed by atoms with Crippen molar-refractivity contribution in [2.75, 3.05) is 0 Å². The van der Waals surface area contributed by atoms with Crippen LogP contribution in [0.25, 0.3) is 54.9 Å². The Kier molecular flexibility index (Phi) is 7.20. The molecule has 0 radical (unpaired) electrons. The molecule has 0 aliphatic carbocycles. The van der Waals surface area contributed by atoms with E-state index in [2.05, 4.69) is 0 Å². The van der Waals surface area contributed by atoms with Crippen LogP contribution in [0, 0.1) is 13.8 Å². The van der Waals surface area contributed by atoms with E-state index in [1.165, 1.54) is 6.07 Å². The monoisotopic (exact) mass is 622 g/mol. The van der Waals surface area contributed by atoms with Gasteiger partial charge in [0.15, 0.2) is 0 Å². The second-order valence-electron chi connectivity index (χ2n) is 10.6. The largest absolute Gasteiger partial charge is 0.506 e. The van der Waals surface area contributed by atoms with Crippen LogP contribution < -0.4 is 0 Å². The fourth-order valence-electron chi connectivity index (χ4n) is 6.07. The summed E-state index contributed by atoms with van der Waals surface area (Å²) in [6.07, 6.45) is 0.